The van der Waals surface area contributed by atoms with Gasteiger partial charge in [-0.1, -0.05) is 0 Å². The van der Waals surface area contributed by atoms with Crippen LogP contribution in [0.1, 0.15) is 5.82 Å². The van der Waals surface area contributed by atoms with Gasteiger partial charge in [0.05, 0.1) is 4.92 Å². The lowest BCUT2D eigenvalue weighted by Gasteiger charge is -2.11. The molecule has 1 aromatic heterocycles. The molecule has 0 saturated heterocycles. The number of benzene rings is 1. The minimum atomic E-state index is -0.472. The Morgan fingerprint density at radius 2 is 1.90 bits per heavy atom. The van der Waals surface area contributed by atoms with Crippen molar-refractivity contribution >= 4 is 17.6 Å². The molecule has 0 fully saturated rings. The van der Waals surface area contributed by atoms with Gasteiger partial charge in [0.2, 0.25) is 11.9 Å². The zero-order valence-electron chi connectivity index (χ0n) is 11.6. The van der Waals surface area contributed by atoms with E-state index in [1.165, 1.54) is 24.3 Å². The molecule has 21 heavy (non-hydrogen) atoms. The SMILES string of the molecule is CN(C)c1nc(N)nc(COc2ccc([N+](=O)[O-])cc2)n1. The zero-order valence-corrected chi connectivity index (χ0v) is 11.6. The number of rotatable bonds is 5. The van der Waals surface area contributed by atoms with E-state index in [4.69, 9.17) is 10.5 Å². The summed E-state index contributed by atoms with van der Waals surface area (Å²) < 4.78 is 5.47. The fourth-order valence-corrected chi connectivity index (χ4v) is 1.50. The highest BCUT2D eigenvalue weighted by Crippen LogP contribution is 2.18. The van der Waals surface area contributed by atoms with Gasteiger partial charge in [-0.25, -0.2) is 0 Å². The Hall–Kier alpha value is -2.97. The maximum Gasteiger partial charge on any atom is 0.269 e. The third kappa shape index (κ3) is 3.75. The van der Waals surface area contributed by atoms with E-state index in [1.807, 2.05) is 0 Å². The number of anilines is 2. The number of ether oxygens (including phenoxy) is 1. The lowest BCUT2D eigenvalue weighted by Crippen LogP contribution is -2.16. The molecule has 0 bridgehead atoms. The number of hydrogen-bond acceptors (Lipinski definition) is 8. The van der Waals surface area contributed by atoms with E-state index in [1.54, 1.807) is 19.0 Å². The van der Waals surface area contributed by atoms with E-state index in [2.05, 4.69) is 15.0 Å². The molecule has 9 nitrogen and oxygen atoms in total. The van der Waals surface area contributed by atoms with Crippen molar-refractivity contribution in [1.29, 1.82) is 0 Å². The highest BCUT2D eigenvalue weighted by atomic mass is 16.6. The topological polar surface area (TPSA) is 120 Å². The van der Waals surface area contributed by atoms with Crippen molar-refractivity contribution in [3.8, 4) is 5.75 Å². The Bertz CT molecular complexity index is 644. The summed E-state index contributed by atoms with van der Waals surface area (Å²) in [6, 6.07) is 5.75. The summed E-state index contributed by atoms with van der Waals surface area (Å²) >= 11 is 0. The van der Waals surface area contributed by atoms with Gasteiger partial charge in [-0.2, -0.15) is 15.0 Å². The summed E-state index contributed by atoms with van der Waals surface area (Å²) in [6.45, 7) is 0.0887. The van der Waals surface area contributed by atoms with E-state index >= 15 is 0 Å². The fraction of sp³-hybridized carbons (Fsp3) is 0.250. The summed E-state index contributed by atoms with van der Waals surface area (Å²) in [5, 5.41) is 10.5. The molecule has 9 heteroatoms. The number of nitrogen functional groups attached to an aromatic ring is 1. The molecule has 2 N–H and O–H groups in total. The molecule has 1 aromatic carbocycles. The summed E-state index contributed by atoms with van der Waals surface area (Å²) in [4.78, 5) is 23.9. The Labute approximate surface area is 120 Å². The molecule has 0 spiro atoms. The van der Waals surface area contributed by atoms with Crippen molar-refractivity contribution in [3.05, 3.63) is 40.2 Å². The summed E-state index contributed by atoms with van der Waals surface area (Å²) in [5.74, 6) is 1.40. The van der Waals surface area contributed by atoms with Crippen LogP contribution in [-0.4, -0.2) is 34.0 Å². The number of nitrogens with zero attached hydrogens (tertiary/aromatic N) is 5. The molecule has 0 aliphatic heterocycles. The second-order valence-electron chi connectivity index (χ2n) is 4.34. The van der Waals surface area contributed by atoms with Crippen molar-refractivity contribution < 1.29 is 9.66 Å². The largest absolute Gasteiger partial charge is 0.486 e. The molecule has 2 rings (SSSR count). The molecule has 0 radical (unpaired) electrons. The Morgan fingerprint density at radius 1 is 1.24 bits per heavy atom. The summed E-state index contributed by atoms with van der Waals surface area (Å²) in [7, 11) is 3.57. The molecule has 0 saturated carbocycles. The first kappa shape index (κ1) is 14.4. The van der Waals surface area contributed by atoms with Crippen LogP contribution in [-0.2, 0) is 6.61 Å². The monoisotopic (exact) mass is 290 g/mol. The molecule has 0 aliphatic carbocycles. The van der Waals surface area contributed by atoms with Crippen molar-refractivity contribution in [2.75, 3.05) is 24.7 Å². The smallest absolute Gasteiger partial charge is 0.269 e. The number of nitrogens with two attached hydrogens (primary N) is 1. The van der Waals surface area contributed by atoms with Crippen LogP contribution < -0.4 is 15.4 Å². The quantitative estimate of drug-likeness (QED) is 0.639. The van der Waals surface area contributed by atoms with Crippen LogP contribution in [0.25, 0.3) is 0 Å². The van der Waals surface area contributed by atoms with Gasteiger partial charge in [0.1, 0.15) is 12.4 Å². The number of nitro benzene ring substituents is 1. The molecule has 0 aliphatic rings. The lowest BCUT2D eigenvalue weighted by molar-refractivity contribution is -0.384. The van der Waals surface area contributed by atoms with Crippen LogP contribution in [0.3, 0.4) is 0 Å². The summed E-state index contributed by atoms with van der Waals surface area (Å²) in [6.07, 6.45) is 0. The maximum atomic E-state index is 10.5. The molecule has 1 heterocycles. The van der Waals surface area contributed by atoms with Gasteiger partial charge in [-0.3, -0.25) is 10.1 Å². The Balaban J connectivity index is 2.07. The number of non-ortho nitro benzene ring substituents is 1. The molecule has 0 amide bonds. The average Bonchev–Trinajstić information content (AvgIpc) is 2.45. The summed E-state index contributed by atoms with van der Waals surface area (Å²) in [5.41, 5.74) is 5.60. The van der Waals surface area contributed by atoms with Crippen LogP contribution in [0.2, 0.25) is 0 Å². The van der Waals surface area contributed by atoms with E-state index in [-0.39, 0.29) is 18.2 Å². The second-order valence-corrected chi connectivity index (χ2v) is 4.34. The molecule has 2 aromatic rings. The fourth-order valence-electron chi connectivity index (χ4n) is 1.50. The van der Waals surface area contributed by atoms with Gasteiger partial charge in [-0.05, 0) is 12.1 Å². The third-order valence-electron chi connectivity index (χ3n) is 2.50. The van der Waals surface area contributed by atoms with Gasteiger partial charge in [0.15, 0.2) is 5.82 Å². The van der Waals surface area contributed by atoms with Gasteiger partial charge in [-0.15, -0.1) is 0 Å². The van der Waals surface area contributed by atoms with Crippen molar-refractivity contribution in [2.24, 2.45) is 0 Å². The predicted octanol–water partition coefficient (Wildman–Crippen LogP) is 1.01. The van der Waals surface area contributed by atoms with Crippen molar-refractivity contribution in [1.82, 2.24) is 15.0 Å². The Morgan fingerprint density at radius 3 is 2.48 bits per heavy atom. The first-order valence-corrected chi connectivity index (χ1v) is 6.00. The maximum absolute atomic E-state index is 10.5. The number of aromatic nitrogens is 3. The molecular formula is C12H14N6O3. The number of nitro groups is 1. The van der Waals surface area contributed by atoms with E-state index < -0.39 is 4.92 Å². The molecular weight excluding hydrogens is 276 g/mol. The Kier molecular flexibility index (Phi) is 4.12. The van der Waals surface area contributed by atoms with Crippen LogP contribution in [0, 0.1) is 10.1 Å². The van der Waals surface area contributed by atoms with Crippen LogP contribution in [0.5, 0.6) is 5.75 Å². The third-order valence-corrected chi connectivity index (χ3v) is 2.50. The van der Waals surface area contributed by atoms with Gasteiger partial charge >= 0.3 is 0 Å². The van der Waals surface area contributed by atoms with Crippen LogP contribution in [0.4, 0.5) is 17.6 Å². The minimum absolute atomic E-state index is 0.00153. The van der Waals surface area contributed by atoms with Gasteiger partial charge in [0, 0.05) is 26.2 Å². The van der Waals surface area contributed by atoms with Crippen LogP contribution >= 0.6 is 0 Å². The highest BCUT2D eigenvalue weighted by molar-refractivity contribution is 5.36. The van der Waals surface area contributed by atoms with Crippen LogP contribution in [0.15, 0.2) is 24.3 Å². The normalized spacial score (nSPS) is 10.2. The van der Waals surface area contributed by atoms with Crippen molar-refractivity contribution in [3.63, 3.8) is 0 Å². The average molecular weight is 290 g/mol. The first-order chi connectivity index (χ1) is 9.95. The second kappa shape index (κ2) is 5.99. The van der Waals surface area contributed by atoms with E-state index in [0.717, 1.165) is 0 Å². The molecule has 0 unspecified atom stereocenters. The van der Waals surface area contributed by atoms with Crippen molar-refractivity contribution in [2.45, 2.75) is 6.61 Å². The standard InChI is InChI=1S/C12H14N6O3/c1-17(2)12-15-10(14-11(13)16-12)7-21-9-5-3-8(4-6-9)18(19)20/h3-6H,7H2,1-2H3,(H2,13,14,15,16). The molecule has 110 valence electrons. The highest BCUT2D eigenvalue weighted by Gasteiger charge is 2.08. The van der Waals surface area contributed by atoms with E-state index in [9.17, 15) is 10.1 Å². The minimum Gasteiger partial charge on any atom is -0.486 e. The van der Waals surface area contributed by atoms with E-state index in [0.29, 0.717) is 17.5 Å². The van der Waals surface area contributed by atoms with Gasteiger partial charge in [0.25, 0.3) is 5.69 Å². The predicted molar refractivity (Wildman–Crippen MR) is 76.0 cm³/mol. The zero-order chi connectivity index (χ0) is 15.4. The lowest BCUT2D eigenvalue weighted by atomic mass is 10.3. The number of hydrogen-bond donors (Lipinski definition) is 1. The molecule has 0 atom stereocenters. The first-order valence-electron chi connectivity index (χ1n) is 6.00. The van der Waals surface area contributed by atoms with Gasteiger partial charge < -0.3 is 15.4 Å².